The zero-order chi connectivity index (χ0) is 27.5. The van der Waals surface area contributed by atoms with Gasteiger partial charge in [-0.05, 0) is 55.9 Å². The number of carbonyl (C=O) groups is 1. The van der Waals surface area contributed by atoms with Gasteiger partial charge in [-0.3, -0.25) is 4.79 Å². The number of hydrogen-bond donors (Lipinski definition) is 1. The minimum Gasteiger partial charge on any atom is -0.481 e. The highest BCUT2D eigenvalue weighted by Crippen LogP contribution is 2.37. The van der Waals surface area contributed by atoms with Crippen LogP contribution in [0.25, 0.3) is 11.1 Å². The lowest BCUT2D eigenvalue weighted by molar-refractivity contribution is -0.304. The van der Waals surface area contributed by atoms with Gasteiger partial charge >= 0.3 is 18.3 Å². The molecule has 5 nitrogen and oxygen atoms in total. The molecule has 1 aliphatic rings. The van der Waals surface area contributed by atoms with Gasteiger partial charge in [0.05, 0.1) is 25.2 Å². The van der Waals surface area contributed by atoms with Crippen molar-refractivity contribution in [1.29, 1.82) is 0 Å². The van der Waals surface area contributed by atoms with Crippen molar-refractivity contribution in [2.24, 2.45) is 5.92 Å². The molecule has 0 bridgehead atoms. The minimum atomic E-state index is -5.70. The Labute approximate surface area is 211 Å². The SMILES string of the molecule is CCOCCOC1CCC(C(=O)O)CC1.FC(C(F)(F)F)C(F)(F)Oc1ccc(-c2ccccc2)cc1. The van der Waals surface area contributed by atoms with E-state index >= 15 is 0 Å². The van der Waals surface area contributed by atoms with Gasteiger partial charge in [0.1, 0.15) is 5.75 Å². The van der Waals surface area contributed by atoms with Crippen molar-refractivity contribution in [3.63, 3.8) is 0 Å². The number of rotatable bonds is 10. The molecule has 2 aromatic carbocycles. The average molecular weight is 537 g/mol. The van der Waals surface area contributed by atoms with Gasteiger partial charge in [0.2, 0.25) is 0 Å². The molecule has 0 spiro atoms. The van der Waals surface area contributed by atoms with E-state index in [0.717, 1.165) is 50.0 Å². The van der Waals surface area contributed by atoms with E-state index in [2.05, 4.69) is 4.74 Å². The van der Waals surface area contributed by atoms with E-state index in [4.69, 9.17) is 14.6 Å². The van der Waals surface area contributed by atoms with Gasteiger partial charge in [0.25, 0.3) is 6.17 Å². The van der Waals surface area contributed by atoms with E-state index in [-0.39, 0.29) is 12.0 Å². The van der Waals surface area contributed by atoms with E-state index in [1.54, 1.807) is 30.3 Å². The van der Waals surface area contributed by atoms with Crippen molar-refractivity contribution in [1.82, 2.24) is 0 Å². The van der Waals surface area contributed by atoms with Crippen LogP contribution in [0.3, 0.4) is 0 Å². The monoisotopic (exact) mass is 536 g/mol. The zero-order valence-corrected chi connectivity index (χ0v) is 20.2. The predicted molar refractivity (Wildman–Crippen MR) is 124 cm³/mol. The summed E-state index contributed by atoms with van der Waals surface area (Å²) in [5, 5.41) is 8.81. The Morgan fingerprint density at radius 1 is 0.919 bits per heavy atom. The van der Waals surface area contributed by atoms with Crippen LogP contribution >= 0.6 is 0 Å². The fourth-order valence-electron chi connectivity index (χ4n) is 3.64. The van der Waals surface area contributed by atoms with Crippen molar-refractivity contribution in [3.05, 3.63) is 54.6 Å². The van der Waals surface area contributed by atoms with E-state index in [1.807, 2.05) is 6.92 Å². The Kier molecular flexibility index (Phi) is 11.7. The maximum atomic E-state index is 13.1. The molecule has 1 unspecified atom stereocenters. The summed E-state index contributed by atoms with van der Waals surface area (Å²) in [5.74, 6) is -1.38. The summed E-state index contributed by atoms with van der Waals surface area (Å²) in [4.78, 5) is 10.7. The molecule has 3 rings (SSSR count). The number of alkyl halides is 6. The average Bonchev–Trinajstić information content (AvgIpc) is 2.87. The molecule has 2 aromatic rings. The largest absolute Gasteiger partial charge is 0.481 e. The zero-order valence-electron chi connectivity index (χ0n) is 20.2. The first-order chi connectivity index (χ1) is 17.4. The molecule has 0 amide bonds. The van der Waals surface area contributed by atoms with Crippen LogP contribution in [0.4, 0.5) is 26.3 Å². The van der Waals surface area contributed by atoms with Crippen LogP contribution in [0, 0.1) is 5.92 Å². The van der Waals surface area contributed by atoms with Crippen LogP contribution in [-0.2, 0) is 14.3 Å². The standard InChI is InChI=1S/C15H10F6O.C11H20O4/c16-13(14(17,18)19)15(20,21)22-12-8-6-11(7-9-12)10-4-2-1-3-5-10;1-2-14-7-8-15-10-5-3-9(4-6-10)11(12)13/h1-9,13H;9-10H,2-8H2,1H3,(H,12,13). The van der Waals surface area contributed by atoms with Crippen LogP contribution in [-0.4, -0.2) is 55.5 Å². The van der Waals surface area contributed by atoms with Gasteiger partial charge in [-0.15, -0.1) is 0 Å². The van der Waals surface area contributed by atoms with Crippen molar-refractivity contribution < 1.29 is 50.5 Å². The van der Waals surface area contributed by atoms with Gasteiger partial charge < -0.3 is 19.3 Å². The van der Waals surface area contributed by atoms with Gasteiger partial charge in [-0.2, -0.15) is 22.0 Å². The van der Waals surface area contributed by atoms with Crippen molar-refractivity contribution >= 4 is 5.97 Å². The molecular weight excluding hydrogens is 506 g/mol. The molecule has 0 aromatic heterocycles. The lowest BCUT2D eigenvalue weighted by atomic mass is 9.87. The molecule has 0 radical (unpaired) electrons. The van der Waals surface area contributed by atoms with Crippen molar-refractivity contribution in [3.8, 4) is 16.9 Å². The number of aliphatic carboxylic acids is 1. The maximum absolute atomic E-state index is 13.1. The highest BCUT2D eigenvalue weighted by molar-refractivity contribution is 5.70. The van der Waals surface area contributed by atoms with Gasteiger partial charge in [-0.1, -0.05) is 42.5 Å². The second-order valence-corrected chi connectivity index (χ2v) is 8.34. The molecule has 1 fully saturated rings. The topological polar surface area (TPSA) is 65.0 Å². The van der Waals surface area contributed by atoms with Crippen molar-refractivity contribution in [2.75, 3.05) is 19.8 Å². The molecule has 0 aliphatic heterocycles. The Balaban J connectivity index is 0.000000281. The lowest BCUT2D eigenvalue weighted by Gasteiger charge is -2.26. The third-order valence-corrected chi connectivity index (χ3v) is 5.61. The fraction of sp³-hybridized carbons (Fsp3) is 0.500. The number of ether oxygens (including phenoxy) is 3. The molecule has 0 saturated heterocycles. The smallest absolute Gasteiger partial charge is 0.439 e. The van der Waals surface area contributed by atoms with Crippen LogP contribution in [0.15, 0.2) is 54.6 Å². The Morgan fingerprint density at radius 3 is 2.00 bits per heavy atom. The second-order valence-electron chi connectivity index (χ2n) is 8.34. The van der Waals surface area contributed by atoms with Crippen LogP contribution < -0.4 is 4.74 Å². The first-order valence-corrected chi connectivity index (χ1v) is 11.8. The Bertz CT molecular complexity index is 929. The molecule has 37 heavy (non-hydrogen) atoms. The number of benzene rings is 2. The van der Waals surface area contributed by atoms with Crippen molar-refractivity contribution in [2.45, 2.75) is 57.2 Å². The fourth-order valence-corrected chi connectivity index (χ4v) is 3.64. The van der Waals surface area contributed by atoms with Gasteiger partial charge in [-0.25, -0.2) is 4.39 Å². The molecule has 1 aliphatic carbocycles. The molecular formula is C26H30F6O5. The Morgan fingerprint density at radius 2 is 1.49 bits per heavy atom. The maximum Gasteiger partial charge on any atom is 0.439 e. The molecule has 1 saturated carbocycles. The Hall–Kier alpha value is -2.79. The summed E-state index contributed by atoms with van der Waals surface area (Å²) in [6, 6.07) is 13.8. The molecule has 0 heterocycles. The normalized spacial score (nSPS) is 18.9. The molecule has 1 N–H and O–H groups in total. The first kappa shape index (κ1) is 30.4. The summed E-state index contributed by atoms with van der Waals surface area (Å²) < 4.78 is 89.5. The minimum absolute atomic E-state index is 0.156. The summed E-state index contributed by atoms with van der Waals surface area (Å²) in [6.45, 7) is 3.93. The third kappa shape index (κ3) is 10.2. The first-order valence-electron chi connectivity index (χ1n) is 11.8. The highest BCUT2D eigenvalue weighted by atomic mass is 19.4. The quantitative estimate of drug-likeness (QED) is 0.264. The lowest BCUT2D eigenvalue weighted by Crippen LogP contribution is -2.45. The van der Waals surface area contributed by atoms with E-state index < -0.39 is 30.2 Å². The summed E-state index contributed by atoms with van der Waals surface area (Å²) in [6.07, 6.45) is -11.6. The van der Waals surface area contributed by atoms with Gasteiger partial charge in [0, 0.05) is 6.61 Å². The highest BCUT2D eigenvalue weighted by Gasteiger charge is 2.59. The summed E-state index contributed by atoms with van der Waals surface area (Å²) in [7, 11) is 0. The van der Waals surface area contributed by atoms with Gasteiger partial charge in [0.15, 0.2) is 0 Å². The summed E-state index contributed by atoms with van der Waals surface area (Å²) in [5.41, 5.74) is 1.45. The van der Waals surface area contributed by atoms with Crippen LogP contribution in [0.5, 0.6) is 5.75 Å². The van der Waals surface area contributed by atoms with E-state index in [1.165, 1.54) is 12.1 Å². The van der Waals surface area contributed by atoms with Crippen LogP contribution in [0.2, 0.25) is 0 Å². The molecule has 11 heteroatoms. The second kappa shape index (κ2) is 14.2. The number of hydrogen-bond acceptors (Lipinski definition) is 4. The summed E-state index contributed by atoms with van der Waals surface area (Å²) >= 11 is 0. The predicted octanol–water partition coefficient (Wildman–Crippen LogP) is 6.91. The number of carboxylic acids is 1. The van der Waals surface area contributed by atoms with E-state index in [0.29, 0.717) is 18.8 Å². The van der Waals surface area contributed by atoms with Crippen LogP contribution in [0.1, 0.15) is 32.6 Å². The number of carboxylic acid groups (broad SMARTS) is 1. The molecule has 206 valence electrons. The number of halogens is 6. The molecule has 1 atom stereocenters. The third-order valence-electron chi connectivity index (χ3n) is 5.61. The van der Waals surface area contributed by atoms with E-state index in [9.17, 15) is 31.1 Å².